The van der Waals surface area contributed by atoms with Crippen LogP contribution < -0.4 is 10.2 Å². The Balaban J connectivity index is 1.89. The molecule has 1 N–H and O–H groups in total. The molecule has 2 amide bonds. The van der Waals surface area contributed by atoms with Crippen LogP contribution in [0, 0.1) is 5.41 Å². The van der Waals surface area contributed by atoms with Crippen LogP contribution in [0.3, 0.4) is 0 Å². The number of hydrogen-bond donors (Lipinski definition) is 1. The van der Waals surface area contributed by atoms with Gasteiger partial charge in [-0.1, -0.05) is 52.0 Å². The van der Waals surface area contributed by atoms with Crippen molar-refractivity contribution in [1.29, 1.82) is 0 Å². The number of thioether (sulfide) groups is 1. The molecule has 1 aliphatic rings. The first-order chi connectivity index (χ1) is 12.8. The highest BCUT2D eigenvalue weighted by Crippen LogP contribution is 2.42. The van der Waals surface area contributed by atoms with Crippen LogP contribution in [0.5, 0.6) is 0 Å². The maximum absolute atomic E-state index is 12.6. The highest BCUT2D eigenvalue weighted by Gasteiger charge is 2.34. The molecule has 0 saturated carbocycles. The molecule has 5 heteroatoms. The Hall–Kier alpha value is -2.27. The van der Waals surface area contributed by atoms with E-state index in [4.69, 9.17) is 0 Å². The highest BCUT2D eigenvalue weighted by atomic mass is 32.2. The summed E-state index contributed by atoms with van der Waals surface area (Å²) in [6.07, 6.45) is 0.933. The van der Waals surface area contributed by atoms with Gasteiger partial charge in [-0.05, 0) is 41.8 Å². The van der Waals surface area contributed by atoms with Gasteiger partial charge in [0.1, 0.15) is 5.37 Å². The zero-order valence-electron chi connectivity index (χ0n) is 16.3. The smallest absolute Gasteiger partial charge is 0.238 e. The van der Waals surface area contributed by atoms with E-state index in [1.807, 2.05) is 62.1 Å². The van der Waals surface area contributed by atoms with Crippen molar-refractivity contribution in [3.05, 3.63) is 59.7 Å². The number of carbonyl (C=O) groups is 2. The summed E-state index contributed by atoms with van der Waals surface area (Å²) in [5.74, 6) is 0.546. The summed E-state index contributed by atoms with van der Waals surface area (Å²) in [6, 6.07) is 15.9. The third kappa shape index (κ3) is 4.35. The van der Waals surface area contributed by atoms with Gasteiger partial charge >= 0.3 is 0 Å². The topological polar surface area (TPSA) is 49.4 Å². The standard InChI is InChI=1S/C22H26N2O2S/c1-5-15-8-6-11-18(12-15)24-19(25)14-27-20(24)16-9-7-10-17(13-16)23-21(26)22(2,3)4/h6-13,20H,5,14H2,1-4H3,(H,23,26)/t20-/m1/s1. The van der Waals surface area contributed by atoms with Gasteiger partial charge in [0, 0.05) is 16.8 Å². The van der Waals surface area contributed by atoms with Crippen LogP contribution in [-0.4, -0.2) is 17.6 Å². The Morgan fingerprint density at radius 3 is 2.63 bits per heavy atom. The van der Waals surface area contributed by atoms with Crippen LogP contribution in [0.2, 0.25) is 0 Å². The van der Waals surface area contributed by atoms with Crippen LogP contribution in [0.15, 0.2) is 48.5 Å². The molecule has 1 heterocycles. The zero-order valence-corrected chi connectivity index (χ0v) is 17.1. The Bertz CT molecular complexity index is 857. The first-order valence-electron chi connectivity index (χ1n) is 9.23. The van der Waals surface area contributed by atoms with E-state index in [0.717, 1.165) is 23.4 Å². The molecular formula is C22H26N2O2S. The lowest BCUT2D eigenvalue weighted by Crippen LogP contribution is -2.29. The first-order valence-corrected chi connectivity index (χ1v) is 10.3. The van der Waals surface area contributed by atoms with Gasteiger partial charge in [0.2, 0.25) is 11.8 Å². The van der Waals surface area contributed by atoms with Gasteiger partial charge in [-0.25, -0.2) is 0 Å². The summed E-state index contributed by atoms with van der Waals surface area (Å²) in [5.41, 5.74) is 3.45. The summed E-state index contributed by atoms with van der Waals surface area (Å²) < 4.78 is 0. The minimum Gasteiger partial charge on any atom is -0.326 e. The molecule has 0 radical (unpaired) electrons. The lowest BCUT2D eigenvalue weighted by atomic mass is 9.95. The Morgan fingerprint density at radius 1 is 1.19 bits per heavy atom. The minimum absolute atomic E-state index is 0.0256. The van der Waals surface area contributed by atoms with E-state index in [9.17, 15) is 9.59 Å². The van der Waals surface area contributed by atoms with Crippen molar-refractivity contribution >= 4 is 35.0 Å². The number of amides is 2. The number of carbonyl (C=O) groups excluding carboxylic acids is 2. The molecule has 1 saturated heterocycles. The van der Waals surface area contributed by atoms with E-state index in [1.165, 1.54) is 5.56 Å². The molecule has 1 atom stereocenters. The molecule has 1 aliphatic heterocycles. The van der Waals surface area contributed by atoms with Gasteiger partial charge in [-0.2, -0.15) is 0 Å². The SMILES string of the molecule is CCc1cccc(N2C(=O)CS[C@@H]2c2cccc(NC(=O)C(C)(C)C)c2)c1. The van der Waals surface area contributed by atoms with Gasteiger partial charge in [0.15, 0.2) is 0 Å². The zero-order chi connectivity index (χ0) is 19.6. The van der Waals surface area contributed by atoms with Crippen molar-refractivity contribution in [1.82, 2.24) is 0 Å². The van der Waals surface area contributed by atoms with E-state index in [0.29, 0.717) is 5.75 Å². The lowest BCUT2D eigenvalue weighted by molar-refractivity contribution is -0.123. The predicted molar refractivity (Wildman–Crippen MR) is 113 cm³/mol. The van der Waals surface area contributed by atoms with Gasteiger partial charge in [-0.15, -0.1) is 11.8 Å². The van der Waals surface area contributed by atoms with Crippen molar-refractivity contribution in [3.63, 3.8) is 0 Å². The van der Waals surface area contributed by atoms with Crippen molar-refractivity contribution in [2.75, 3.05) is 16.0 Å². The molecule has 0 aliphatic carbocycles. The van der Waals surface area contributed by atoms with E-state index in [2.05, 4.69) is 24.4 Å². The summed E-state index contributed by atoms with van der Waals surface area (Å²) in [6.45, 7) is 7.78. The number of anilines is 2. The monoisotopic (exact) mass is 382 g/mol. The van der Waals surface area contributed by atoms with Crippen LogP contribution in [0.4, 0.5) is 11.4 Å². The normalized spacial score (nSPS) is 17.3. The molecule has 0 bridgehead atoms. The fourth-order valence-electron chi connectivity index (χ4n) is 2.96. The van der Waals surface area contributed by atoms with Crippen LogP contribution >= 0.6 is 11.8 Å². The second kappa shape index (κ2) is 7.77. The molecule has 0 aromatic heterocycles. The Labute approximate surface area is 165 Å². The Morgan fingerprint density at radius 2 is 1.93 bits per heavy atom. The van der Waals surface area contributed by atoms with Crippen molar-refractivity contribution in [3.8, 4) is 0 Å². The third-order valence-electron chi connectivity index (χ3n) is 4.58. The van der Waals surface area contributed by atoms with Crippen LogP contribution in [-0.2, 0) is 16.0 Å². The maximum atomic E-state index is 12.6. The molecule has 27 heavy (non-hydrogen) atoms. The van der Waals surface area contributed by atoms with Crippen LogP contribution in [0.25, 0.3) is 0 Å². The number of hydrogen-bond acceptors (Lipinski definition) is 3. The fraction of sp³-hybridized carbons (Fsp3) is 0.364. The molecule has 2 aromatic carbocycles. The number of rotatable bonds is 4. The average molecular weight is 383 g/mol. The molecule has 4 nitrogen and oxygen atoms in total. The quantitative estimate of drug-likeness (QED) is 0.808. The Kier molecular flexibility index (Phi) is 5.61. The highest BCUT2D eigenvalue weighted by molar-refractivity contribution is 8.00. The summed E-state index contributed by atoms with van der Waals surface area (Å²) in [5, 5.41) is 2.89. The number of nitrogens with zero attached hydrogens (tertiary/aromatic N) is 1. The molecule has 0 unspecified atom stereocenters. The molecule has 142 valence electrons. The molecular weight excluding hydrogens is 356 g/mol. The van der Waals surface area contributed by atoms with Crippen molar-refractivity contribution in [2.24, 2.45) is 5.41 Å². The van der Waals surface area contributed by atoms with Crippen LogP contribution in [0.1, 0.15) is 44.2 Å². The lowest BCUT2D eigenvalue weighted by Gasteiger charge is -2.25. The number of aryl methyl sites for hydroxylation is 1. The van der Waals surface area contributed by atoms with E-state index in [1.54, 1.807) is 11.8 Å². The second-order valence-corrected chi connectivity index (χ2v) is 8.85. The van der Waals surface area contributed by atoms with Gasteiger partial charge in [-0.3, -0.25) is 14.5 Å². The summed E-state index contributed by atoms with van der Waals surface area (Å²) in [7, 11) is 0. The molecule has 1 fully saturated rings. The molecule has 2 aromatic rings. The third-order valence-corrected chi connectivity index (χ3v) is 5.79. The first kappa shape index (κ1) is 19.5. The van der Waals surface area contributed by atoms with E-state index < -0.39 is 5.41 Å². The molecule has 0 spiro atoms. The van der Waals surface area contributed by atoms with E-state index in [-0.39, 0.29) is 17.2 Å². The van der Waals surface area contributed by atoms with Gasteiger partial charge < -0.3 is 5.32 Å². The predicted octanol–water partition coefficient (Wildman–Crippen LogP) is 5.01. The molecule has 3 rings (SSSR count). The van der Waals surface area contributed by atoms with Gasteiger partial charge in [0.25, 0.3) is 0 Å². The minimum atomic E-state index is -0.458. The van der Waals surface area contributed by atoms with Crippen molar-refractivity contribution < 1.29 is 9.59 Å². The largest absolute Gasteiger partial charge is 0.326 e. The van der Waals surface area contributed by atoms with Crippen molar-refractivity contribution in [2.45, 2.75) is 39.5 Å². The second-order valence-electron chi connectivity index (χ2n) is 7.78. The number of benzene rings is 2. The van der Waals surface area contributed by atoms with Gasteiger partial charge in [0.05, 0.1) is 5.75 Å². The fourth-order valence-corrected chi connectivity index (χ4v) is 4.13. The maximum Gasteiger partial charge on any atom is 0.238 e. The average Bonchev–Trinajstić information content (AvgIpc) is 3.03. The summed E-state index contributed by atoms with van der Waals surface area (Å²) >= 11 is 1.62. The number of nitrogens with one attached hydrogen (secondary N) is 1. The van der Waals surface area contributed by atoms with E-state index >= 15 is 0 Å². The summed E-state index contributed by atoms with van der Waals surface area (Å²) in [4.78, 5) is 26.8.